The van der Waals surface area contributed by atoms with Gasteiger partial charge < -0.3 is 15.6 Å². The molecule has 2 atom stereocenters. The molecule has 0 aliphatic carbocycles. The number of carbonyl (C=O) groups is 1. The highest BCUT2D eigenvalue weighted by Crippen LogP contribution is 2.10. The summed E-state index contributed by atoms with van der Waals surface area (Å²) in [6.07, 6.45) is 0. The van der Waals surface area contributed by atoms with Crippen LogP contribution in [-0.4, -0.2) is 54.4 Å². The molecule has 0 aromatic rings. The molecule has 1 saturated heterocycles. The molecule has 5 heteroatoms. The molecule has 2 unspecified atom stereocenters. The highest BCUT2D eigenvalue weighted by atomic mass is 16.5. The summed E-state index contributed by atoms with van der Waals surface area (Å²) in [4.78, 5) is 12.7. The Kier molecular flexibility index (Phi) is 3.65. The van der Waals surface area contributed by atoms with E-state index in [0.29, 0.717) is 19.8 Å². The molecule has 5 nitrogen and oxygen atoms in total. The minimum Gasteiger partial charge on any atom is -0.480 e. The zero-order valence-corrected chi connectivity index (χ0v) is 7.77. The van der Waals surface area contributed by atoms with Gasteiger partial charge in [0.05, 0.1) is 13.2 Å². The highest BCUT2D eigenvalue weighted by Gasteiger charge is 2.30. The maximum absolute atomic E-state index is 10.8. The van der Waals surface area contributed by atoms with Crippen molar-refractivity contribution in [1.29, 1.82) is 0 Å². The first-order valence-corrected chi connectivity index (χ1v) is 4.43. The van der Waals surface area contributed by atoms with Gasteiger partial charge in [0.1, 0.15) is 6.04 Å². The third kappa shape index (κ3) is 2.40. The van der Waals surface area contributed by atoms with E-state index in [1.54, 1.807) is 0 Å². The van der Waals surface area contributed by atoms with E-state index in [0.717, 1.165) is 0 Å². The summed E-state index contributed by atoms with van der Waals surface area (Å²) in [5, 5.41) is 8.88. The molecule has 0 spiro atoms. The largest absolute Gasteiger partial charge is 0.480 e. The number of ether oxygens (including phenoxy) is 1. The fourth-order valence-electron chi connectivity index (χ4n) is 1.58. The van der Waals surface area contributed by atoms with Crippen LogP contribution in [0.3, 0.4) is 0 Å². The van der Waals surface area contributed by atoms with E-state index in [1.807, 2.05) is 11.8 Å². The minimum absolute atomic E-state index is 0.137. The summed E-state index contributed by atoms with van der Waals surface area (Å²) >= 11 is 0. The average molecular weight is 188 g/mol. The molecule has 76 valence electrons. The molecule has 0 radical (unpaired) electrons. The Morgan fingerprint density at radius 3 is 3.00 bits per heavy atom. The van der Waals surface area contributed by atoms with Crippen LogP contribution in [0.5, 0.6) is 0 Å². The fourth-order valence-corrected chi connectivity index (χ4v) is 1.58. The summed E-state index contributed by atoms with van der Waals surface area (Å²) in [5.74, 6) is -0.851. The van der Waals surface area contributed by atoms with Crippen molar-refractivity contribution in [3.63, 3.8) is 0 Å². The monoisotopic (exact) mass is 188 g/mol. The second-order valence-electron chi connectivity index (χ2n) is 3.25. The second-order valence-corrected chi connectivity index (χ2v) is 3.25. The molecule has 0 amide bonds. The van der Waals surface area contributed by atoms with Crippen LogP contribution in [0.15, 0.2) is 0 Å². The van der Waals surface area contributed by atoms with E-state index in [-0.39, 0.29) is 12.6 Å². The van der Waals surface area contributed by atoms with Crippen LogP contribution in [0.25, 0.3) is 0 Å². The van der Waals surface area contributed by atoms with Gasteiger partial charge in [-0.1, -0.05) is 0 Å². The van der Waals surface area contributed by atoms with Gasteiger partial charge in [-0.05, 0) is 6.92 Å². The molecular formula is C8H16N2O3. The topological polar surface area (TPSA) is 75.8 Å². The lowest BCUT2D eigenvalue weighted by Crippen LogP contribution is -2.55. The van der Waals surface area contributed by atoms with Gasteiger partial charge in [0.15, 0.2) is 0 Å². The first-order valence-electron chi connectivity index (χ1n) is 4.43. The highest BCUT2D eigenvalue weighted by molar-refractivity contribution is 5.73. The second kappa shape index (κ2) is 4.55. The molecule has 1 rings (SSSR count). The number of nitrogens with zero attached hydrogens (tertiary/aromatic N) is 1. The van der Waals surface area contributed by atoms with Crippen LogP contribution in [0, 0.1) is 0 Å². The number of aliphatic carboxylic acids is 1. The van der Waals surface area contributed by atoms with Crippen LogP contribution < -0.4 is 5.73 Å². The molecule has 1 fully saturated rings. The summed E-state index contributed by atoms with van der Waals surface area (Å²) in [7, 11) is 0. The van der Waals surface area contributed by atoms with Crippen LogP contribution in [0.1, 0.15) is 6.92 Å². The number of nitrogens with two attached hydrogens (primary N) is 1. The minimum atomic E-state index is -0.851. The number of rotatable bonds is 3. The van der Waals surface area contributed by atoms with E-state index in [2.05, 4.69) is 0 Å². The van der Waals surface area contributed by atoms with Crippen molar-refractivity contribution in [2.75, 3.05) is 26.3 Å². The average Bonchev–Trinajstić information content (AvgIpc) is 2.09. The van der Waals surface area contributed by atoms with Crippen LogP contribution in [0.2, 0.25) is 0 Å². The Balaban J connectivity index is 2.60. The molecule has 1 aliphatic heterocycles. The standard InChI is InChI=1S/C8H16N2O3/c1-6-5-13-3-2-10(6)7(4-9)8(11)12/h6-7H,2-5,9H2,1H3,(H,11,12). The molecule has 0 bridgehead atoms. The van der Waals surface area contributed by atoms with E-state index in [9.17, 15) is 4.79 Å². The molecule has 13 heavy (non-hydrogen) atoms. The molecular weight excluding hydrogens is 172 g/mol. The van der Waals surface area contributed by atoms with E-state index in [4.69, 9.17) is 15.6 Å². The fraction of sp³-hybridized carbons (Fsp3) is 0.875. The number of carboxylic acid groups (broad SMARTS) is 1. The Labute approximate surface area is 77.5 Å². The predicted molar refractivity (Wildman–Crippen MR) is 47.5 cm³/mol. The Hall–Kier alpha value is -0.650. The molecule has 0 saturated carbocycles. The lowest BCUT2D eigenvalue weighted by molar-refractivity contribution is -0.146. The molecule has 1 heterocycles. The van der Waals surface area contributed by atoms with Crippen molar-refractivity contribution < 1.29 is 14.6 Å². The normalized spacial score (nSPS) is 27.1. The van der Waals surface area contributed by atoms with Gasteiger partial charge >= 0.3 is 5.97 Å². The number of hydrogen-bond acceptors (Lipinski definition) is 4. The zero-order valence-electron chi connectivity index (χ0n) is 7.77. The SMILES string of the molecule is CC1COCCN1C(CN)C(=O)O. The molecule has 1 aliphatic rings. The van der Waals surface area contributed by atoms with Gasteiger partial charge in [-0.15, -0.1) is 0 Å². The van der Waals surface area contributed by atoms with Crippen molar-refractivity contribution in [1.82, 2.24) is 4.90 Å². The first-order chi connectivity index (χ1) is 6.16. The predicted octanol–water partition coefficient (Wildman–Crippen LogP) is -0.881. The Morgan fingerprint density at radius 2 is 2.54 bits per heavy atom. The summed E-state index contributed by atoms with van der Waals surface area (Å²) < 4.78 is 5.21. The molecule has 0 aromatic carbocycles. The van der Waals surface area contributed by atoms with Crippen molar-refractivity contribution in [2.45, 2.75) is 19.0 Å². The van der Waals surface area contributed by atoms with Crippen molar-refractivity contribution in [3.8, 4) is 0 Å². The van der Waals surface area contributed by atoms with Gasteiger partial charge in [-0.25, -0.2) is 0 Å². The van der Waals surface area contributed by atoms with Crippen LogP contribution >= 0.6 is 0 Å². The van der Waals surface area contributed by atoms with Gasteiger partial charge in [0.25, 0.3) is 0 Å². The van der Waals surface area contributed by atoms with E-state index >= 15 is 0 Å². The third-order valence-corrected chi connectivity index (χ3v) is 2.33. The Morgan fingerprint density at radius 1 is 1.85 bits per heavy atom. The maximum atomic E-state index is 10.8. The molecule has 0 aromatic heterocycles. The van der Waals surface area contributed by atoms with E-state index < -0.39 is 12.0 Å². The van der Waals surface area contributed by atoms with Crippen molar-refractivity contribution in [2.24, 2.45) is 5.73 Å². The number of carboxylic acids is 1. The third-order valence-electron chi connectivity index (χ3n) is 2.33. The Bertz CT molecular complexity index is 186. The van der Waals surface area contributed by atoms with Gasteiger partial charge in [0, 0.05) is 19.1 Å². The van der Waals surface area contributed by atoms with Crippen molar-refractivity contribution >= 4 is 5.97 Å². The van der Waals surface area contributed by atoms with E-state index in [1.165, 1.54) is 0 Å². The summed E-state index contributed by atoms with van der Waals surface area (Å²) in [6, 6.07) is -0.433. The van der Waals surface area contributed by atoms with Crippen molar-refractivity contribution in [3.05, 3.63) is 0 Å². The lowest BCUT2D eigenvalue weighted by atomic mass is 10.1. The summed E-state index contributed by atoms with van der Waals surface area (Å²) in [6.45, 7) is 3.93. The number of morpholine rings is 1. The lowest BCUT2D eigenvalue weighted by Gasteiger charge is -2.36. The van der Waals surface area contributed by atoms with Crippen LogP contribution in [-0.2, 0) is 9.53 Å². The zero-order chi connectivity index (χ0) is 9.84. The van der Waals surface area contributed by atoms with Crippen LogP contribution in [0.4, 0.5) is 0 Å². The maximum Gasteiger partial charge on any atom is 0.322 e. The number of hydrogen-bond donors (Lipinski definition) is 2. The van der Waals surface area contributed by atoms with Gasteiger partial charge in [-0.3, -0.25) is 9.69 Å². The first kappa shape index (κ1) is 10.4. The summed E-state index contributed by atoms with van der Waals surface area (Å²) in [5.41, 5.74) is 5.40. The van der Waals surface area contributed by atoms with Gasteiger partial charge in [-0.2, -0.15) is 0 Å². The van der Waals surface area contributed by atoms with Gasteiger partial charge in [0.2, 0.25) is 0 Å². The molecule has 3 N–H and O–H groups in total. The quantitative estimate of drug-likeness (QED) is 0.601. The smallest absolute Gasteiger partial charge is 0.322 e.